The monoisotopic (exact) mass is 460 g/mol. The lowest BCUT2D eigenvalue weighted by Gasteiger charge is -2.20. The van der Waals surface area contributed by atoms with Crippen LogP contribution in [-0.2, 0) is 0 Å². The Hall–Kier alpha value is -1.56. The van der Waals surface area contributed by atoms with Crippen LogP contribution in [-0.4, -0.2) is 0 Å². The fourth-order valence-corrected chi connectivity index (χ4v) is 6.46. The molecule has 0 N–H and O–H groups in total. The molecule has 0 amide bonds. The zero-order valence-electron chi connectivity index (χ0n) is 23.6. The molecule has 4 aliphatic carbocycles. The van der Waals surface area contributed by atoms with E-state index < -0.39 is 0 Å². The van der Waals surface area contributed by atoms with Crippen LogP contribution in [0.4, 0.5) is 0 Å². The molecule has 0 aromatic heterocycles. The van der Waals surface area contributed by atoms with Crippen molar-refractivity contribution in [3.05, 3.63) is 69.9 Å². The lowest BCUT2D eigenvalue weighted by atomic mass is 9.85. The molecule has 4 aliphatic rings. The van der Waals surface area contributed by atoms with Crippen molar-refractivity contribution >= 4 is 0 Å². The fraction of sp³-hybridized carbons (Fsp3) is 0.647. The Morgan fingerprint density at radius 3 is 1.65 bits per heavy atom. The maximum atomic E-state index is 2.49. The van der Waals surface area contributed by atoms with Crippen LogP contribution >= 0.6 is 0 Å². The fourth-order valence-electron chi connectivity index (χ4n) is 6.46. The molecule has 4 bridgehead atoms. The highest BCUT2D eigenvalue weighted by Crippen LogP contribution is 2.47. The summed E-state index contributed by atoms with van der Waals surface area (Å²) >= 11 is 0. The minimum Gasteiger partial charge on any atom is -0.0881 e. The molecule has 0 heteroatoms. The molecule has 0 aromatic rings. The highest BCUT2D eigenvalue weighted by Gasteiger charge is 2.36. The summed E-state index contributed by atoms with van der Waals surface area (Å²) < 4.78 is 0. The highest BCUT2D eigenvalue weighted by atomic mass is 14.4. The SMILES string of the molecule is C/C=C(\CC(C)=C(C)C)CC1CC2C=CC1C2.CC(=CCC1CC2C=CC1C2)CC(C)=C(C)C. The Labute approximate surface area is 212 Å². The summed E-state index contributed by atoms with van der Waals surface area (Å²) in [6.07, 6.45) is 25.4. The Morgan fingerprint density at radius 2 is 1.21 bits per heavy atom. The molecule has 0 saturated heterocycles. The molecular weight excluding hydrogens is 408 g/mol. The standard InChI is InChI=1S/2C17H26/c1-12(2)14(4)9-13(3)5-7-16-10-15-6-8-17(16)11-15;1-5-14(8-13(4)12(2)3)9-17-11-15-6-7-16(17)10-15/h5-6,8,15-17H,7,9-11H2,1-4H3;5-7,15-17H,8-11H2,1-4H3/b;14-5+. The van der Waals surface area contributed by atoms with E-state index in [1.54, 1.807) is 16.7 Å². The first kappa shape index (κ1) is 27.0. The van der Waals surface area contributed by atoms with Gasteiger partial charge in [0.1, 0.15) is 0 Å². The summed E-state index contributed by atoms with van der Waals surface area (Å²) in [5.41, 5.74) is 9.24. The van der Waals surface area contributed by atoms with Crippen molar-refractivity contribution in [3.63, 3.8) is 0 Å². The molecule has 34 heavy (non-hydrogen) atoms. The molecule has 6 atom stereocenters. The molecular formula is C34H52. The third kappa shape index (κ3) is 7.47. The van der Waals surface area contributed by atoms with Gasteiger partial charge in [-0.2, -0.15) is 0 Å². The second-order valence-corrected chi connectivity index (χ2v) is 12.4. The van der Waals surface area contributed by atoms with Crippen molar-refractivity contribution in [2.75, 3.05) is 0 Å². The molecule has 0 radical (unpaired) electrons. The van der Waals surface area contributed by atoms with Crippen molar-refractivity contribution in [3.8, 4) is 0 Å². The molecule has 0 nitrogen and oxygen atoms in total. The van der Waals surface area contributed by atoms with Gasteiger partial charge in [0.2, 0.25) is 0 Å². The van der Waals surface area contributed by atoms with Crippen LogP contribution in [0, 0.1) is 35.5 Å². The Morgan fingerprint density at radius 1 is 0.676 bits per heavy atom. The van der Waals surface area contributed by atoms with Gasteiger partial charge in [0.15, 0.2) is 0 Å². The van der Waals surface area contributed by atoms with Crippen LogP contribution in [0.15, 0.2) is 69.9 Å². The zero-order chi connectivity index (χ0) is 24.8. The van der Waals surface area contributed by atoms with Crippen LogP contribution in [0.3, 0.4) is 0 Å². The van der Waals surface area contributed by atoms with E-state index in [0.717, 1.165) is 35.5 Å². The van der Waals surface area contributed by atoms with Crippen molar-refractivity contribution in [1.82, 2.24) is 0 Å². The van der Waals surface area contributed by atoms with E-state index in [9.17, 15) is 0 Å². The number of rotatable bonds is 8. The first-order valence-electron chi connectivity index (χ1n) is 14.1. The number of allylic oxidation sites excluding steroid dienone is 12. The van der Waals surface area contributed by atoms with Crippen LogP contribution in [0.25, 0.3) is 0 Å². The van der Waals surface area contributed by atoms with Gasteiger partial charge >= 0.3 is 0 Å². The number of fused-ring (bicyclic) bond motifs is 4. The van der Waals surface area contributed by atoms with Crippen molar-refractivity contribution in [1.29, 1.82) is 0 Å². The van der Waals surface area contributed by atoms with E-state index >= 15 is 0 Å². The van der Waals surface area contributed by atoms with E-state index in [1.807, 2.05) is 0 Å². The summed E-state index contributed by atoms with van der Waals surface area (Å²) in [6, 6.07) is 0. The molecule has 0 aliphatic heterocycles. The van der Waals surface area contributed by atoms with Gasteiger partial charge in [0, 0.05) is 0 Å². The molecule has 2 fully saturated rings. The summed E-state index contributed by atoms with van der Waals surface area (Å²) in [7, 11) is 0. The van der Waals surface area contributed by atoms with Gasteiger partial charge in [-0.3, -0.25) is 0 Å². The van der Waals surface area contributed by atoms with Gasteiger partial charge in [0.05, 0.1) is 0 Å². The van der Waals surface area contributed by atoms with Gasteiger partial charge in [-0.05, 0) is 142 Å². The minimum absolute atomic E-state index is 0.891. The maximum Gasteiger partial charge on any atom is -0.0109 e. The first-order chi connectivity index (χ1) is 16.2. The molecule has 2 saturated carbocycles. The summed E-state index contributed by atoms with van der Waals surface area (Å²) in [5, 5.41) is 0. The van der Waals surface area contributed by atoms with Crippen LogP contribution in [0.5, 0.6) is 0 Å². The Kier molecular flexibility index (Phi) is 9.87. The predicted octanol–water partition coefficient (Wildman–Crippen LogP) is 10.6. The quantitative estimate of drug-likeness (QED) is 0.316. The summed E-state index contributed by atoms with van der Waals surface area (Å²) in [5.74, 6) is 5.48. The summed E-state index contributed by atoms with van der Waals surface area (Å²) in [4.78, 5) is 0. The van der Waals surface area contributed by atoms with E-state index in [0.29, 0.717) is 0 Å². The van der Waals surface area contributed by atoms with Gasteiger partial charge < -0.3 is 0 Å². The van der Waals surface area contributed by atoms with Crippen molar-refractivity contribution < 1.29 is 0 Å². The van der Waals surface area contributed by atoms with Crippen LogP contribution in [0.2, 0.25) is 0 Å². The van der Waals surface area contributed by atoms with Gasteiger partial charge in [0.25, 0.3) is 0 Å². The molecule has 0 heterocycles. The third-order valence-corrected chi connectivity index (χ3v) is 9.28. The topological polar surface area (TPSA) is 0 Å². The van der Waals surface area contributed by atoms with E-state index in [-0.39, 0.29) is 0 Å². The maximum absolute atomic E-state index is 2.49. The third-order valence-electron chi connectivity index (χ3n) is 9.28. The Balaban J connectivity index is 0.000000191. The van der Waals surface area contributed by atoms with Crippen molar-refractivity contribution in [2.24, 2.45) is 35.5 Å². The molecule has 4 rings (SSSR count). The smallest absolute Gasteiger partial charge is 0.0109 e. The molecule has 0 aromatic carbocycles. The Bertz CT molecular complexity index is 875. The molecule has 0 spiro atoms. The van der Waals surface area contributed by atoms with E-state index in [4.69, 9.17) is 0 Å². The average molecular weight is 461 g/mol. The zero-order valence-corrected chi connectivity index (χ0v) is 23.6. The molecule has 6 unspecified atom stereocenters. The highest BCUT2D eigenvalue weighted by molar-refractivity contribution is 5.20. The predicted molar refractivity (Wildman–Crippen MR) is 152 cm³/mol. The van der Waals surface area contributed by atoms with Crippen LogP contribution < -0.4 is 0 Å². The lowest BCUT2D eigenvalue weighted by Crippen LogP contribution is -2.08. The number of hydrogen-bond acceptors (Lipinski definition) is 0. The van der Waals surface area contributed by atoms with E-state index in [2.05, 4.69) is 91.8 Å². The normalized spacial score (nSPS) is 31.1. The number of hydrogen-bond donors (Lipinski definition) is 0. The van der Waals surface area contributed by atoms with Crippen LogP contribution in [0.1, 0.15) is 107 Å². The second-order valence-electron chi connectivity index (χ2n) is 12.4. The van der Waals surface area contributed by atoms with E-state index in [1.165, 1.54) is 68.1 Å². The second kappa shape index (κ2) is 12.4. The summed E-state index contributed by atoms with van der Waals surface area (Å²) in [6.45, 7) is 17.9. The van der Waals surface area contributed by atoms with Gasteiger partial charge in [-0.15, -0.1) is 0 Å². The molecule has 188 valence electrons. The van der Waals surface area contributed by atoms with Gasteiger partial charge in [-0.1, -0.05) is 69.9 Å². The minimum atomic E-state index is 0.891. The lowest BCUT2D eigenvalue weighted by molar-refractivity contribution is 0.441. The van der Waals surface area contributed by atoms with Gasteiger partial charge in [-0.25, -0.2) is 0 Å². The van der Waals surface area contributed by atoms with Crippen molar-refractivity contribution in [2.45, 2.75) is 107 Å². The average Bonchev–Trinajstić information content (AvgIpc) is 3.59. The largest absolute Gasteiger partial charge is 0.0881 e. The first-order valence-corrected chi connectivity index (χ1v) is 14.1.